The van der Waals surface area contributed by atoms with E-state index in [1.165, 1.54) is 4.90 Å². The van der Waals surface area contributed by atoms with Crippen molar-refractivity contribution in [3.05, 3.63) is 35.9 Å². The molecule has 0 aliphatic carbocycles. The number of carbonyl (C=O) groups is 3. The van der Waals surface area contributed by atoms with Crippen LogP contribution in [0, 0.1) is 5.41 Å². The van der Waals surface area contributed by atoms with E-state index in [0.29, 0.717) is 12.8 Å². The molecule has 3 N–H and O–H groups in total. The molecule has 7 heteroatoms. The van der Waals surface area contributed by atoms with Crippen molar-refractivity contribution in [2.45, 2.75) is 64.7 Å². The second kappa shape index (κ2) is 8.73. The van der Waals surface area contributed by atoms with Crippen LogP contribution in [0.2, 0.25) is 0 Å². The monoisotopic (exact) mass is 389 g/mol. The Balaban J connectivity index is 2.39. The molecule has 28 heavy (non-hydrogen) atoms. The molecule has 2 amide bonds. The van der Waals surface area contributed by atoms with E-state index in [0.717, 1.165) is 5.56 Å². The Morgan fingerprint density at radius 2 is 1.75 bits per heavy atom. The second-order valence-corrected chi connectivity index (χ2v) is 8.42. The molecule has 1 aromatic rings. The Morgan fingerprint density at radius 3 is 2.25 bits per heavy atom. The topological polar surface area (TPSA) is 98.7 Å². The molecule has 0 aromatic heterocycles. The van der Waals surface area contributed by atoms with Crippen molar-refractivity contribution in [2.24, 2.45) is 5.41 Å². The maximum absolute atomic E-state index is 13.6. The van der Waals surface area contributed by atoms with Crippen LogP contribution in [-0.2, 0) is 14.4 Å². The van der Waals surface area contributed by atoms with Gasteiger partial charge in [0.05, 0.1) is 12.1 Å². The summed E-state index contributed by atoms with van der Waals surface area (Å²) in [5.41, 5.74) is 0.328. The number of nitrogens with zero attached hydrogens (tertiary/aromatic N) is 1. The standard InChI is InChI=1S/C21H31N3O4/c1-13(22-5)18(25)23-17(21(2,3)4)19(26)24-15(11-12-16(24)20(27)28)14-9-7-6-8-10-14/h6-10,13,15-17,22H,11-12H2,1-5H3,(H,23,25)(H,27,28). The predicted octanol–water partition coefficient (Wildman–Crippen LogP) is 1.94. The van der Waals surface area contributed by atoms with Crippen molar-refractivity contribution in [2.75, 3.05) is 7.05 Å². The lowest BCUT2D eigenvalue weighted by Crippen LogP contribution is -2.59. The number of benzene rings is 1. The summed E-state index contributed by atoms with van der Waals surface area (Å²) in [7, 11) is 1.67. The van der Waals surface area contributed by atoms with Gasteiger partial charge in [0.25, 0.3) is 0 Å². The summed E-state index contributed by atoms with van der Waals surface area (Å²) in [4.78, 5) is 39.3. The summed E-state index contributed by atoms with van der Waals surface area (Å²) in [6.07, 6.45) is 0.961. The normalized spacial score (nSPS) is 21.8. The van der Waals surface area contributed by atoms with Crippen LogP contribution in [-0.4, -0.2) is 53.0 Å². The zero-order chi connectivity index (χ0) is 21.1. The van der Waals surface area contributed by atoms with Crippen LogP contribution in [0.4, 0.5) is 0 Å². The van der Waals surface area contributed by atoms with Crippen molar-refractivity contribution in [3.8, 4) is 0 Å². The van der Waals surface area contributed by atoms with Crippen molar-refractivity contribution in [1.82, 2.24) is 15.5 Å². The van der Waals surface area contributed by atoms with Crippen molar-refractivity contribution in [1.29, 1.82) is 0 Å². The number of rotatable bonds is 6. The van der Waals surface area contributed by atoms with E-state index >= 15 is 0 Å². The van der Waals surface area contributed by atoms with Crippen LogP contribution in [0.5, 0.6) is 0 Å². The molecule has 0 saturated carbocycles. The van der Waals surface area contributed by atoms with Gasteiger partial charge in [-0.3, -0.25) is 9.59 Å². The number of hydrogen-bond acceptors (Lipinski definition) is 4. The number of amides is 2. The number of likely N-dealkylation sites (N-methyl/N-ethyl adjacent to an activating group) is 1. The Bertz CT molecular complexity index is 714. The third kappa shape index (κ3) is 4.70. The summed E-state index contributed by atoms with van der Waals surface area (Å²) in [5, 5.41) is 15.4. The van der Waals surface area contributed by atoms with Crippen LogP contribution in [0.15, 0.2) is 30.3 Å². The van der Waals surface area contributed by atoms with Gasteiger partial charge in [-0.05, 0) is 37.8 Å². The predicted molar refractivity (Wildman–Crippen MR) is 107 cm³/mol. The van der Waals surface area contributed by atoms with Crippen molar-refractivity contribution in [3.63, 3.8) is 0 Å². The van der Waals surface area contributed by atoms with Gasteiger partial charge in [-0.1, -0.05) is 51.1 Å². The summed E-state index contributed by atoms with van der Waals surface area (Å²) in [6, 6.07) is 6.94. The first-order chi connectivity index (χ1) is 13.1. The molecule has 4 atom stereocenters. The number of carboxylic acid groups (broad SMARTS) is 1. The largest absolute Gasteiger partial charge is 0.480 e. The van der Waals surface area contributed by atoms with E-state index in [1.807, 2.05) is 51.1 Å². The Morgan fingerprint density at radius 1 is 1.14 bits per heavy atom. The number of carboxylic acids is 1. The lowest BCUT2D eigenvalue weighted by atomic mass is 9.85. The number of hydrogen-bond donors (Lipinski definition) is 3. The molecule has 1 saturated heterocycles. The minimum Gasteiger partial charge on any atom is -0.480 e. The number of likely N-dealkylation sites (tertiary alicyclic amines) is 1. The highest BCUT2D eigenvalue weighted by Crippen LogP contribution is 2.38. The number of aliphatic carboxylic acids is 1. The van der Waals surface area contributed by atoms with Gasteiger partial charge in [-0.2, -0.15) is 0 Å². The van der Waals surface area contributed by atoms with Gasteiger partial charge in [0.2, 0.25) is 11.8 Å². The molecule has 1 fully saturated rings. The Labute approximate surface area is 166 Å². The van der Waals surface area contributed by atoms with Gasteiger partial charge in [-0.25, -0.2) is 4.79 Å². The fourth-order valence-corrected chi connectivity index (χ4v) is 3.56. The molecular formula is C21H31N3O4. The van der Waals surface area contributed by atoms with Gasteiger partial charge >= 0.3 is 5.97 Å². The highest BCUT2D eigenvalue weighted by atomic mass is 16.4. The van der Waals surface area contributed by atoms with E-state index in [4.69, 9.17) is 0 Å². The number of nitrogens with one attached hydrogen (secondary N) is 2. The maximum atomic E-state index is 13.6. The molecule has 1 aromatic carbocycles. The van der Waals surface area contributed by atoms with Gasteiger partial charge in [0, 0.05) is 0 Å². The SMILES string of the molecule is CNC(C)C(=O)NC(C(=O)N1C(C(=O)O)CCC1c1ccccc1)C(C)(C)C. The summed E-state index contributed by atoms with van der Waals surface area (Å²) in [6.45, 7) is 7.30. The zero-order valence-electron chi connectivity index (χ0n) is 17.2. The van der Waals surface area contributed by atoms with E-state index in [9.17, 15) is 19.5 Å². The number of carbonyl (C=O) groups excluding carboxylic acids is 2. The maximum Gasteiger partial charge on any atom is 0.326 e. The quantitative estimate of drug-likeness (QED) is 0.691. The minimum absolute atomic E-state index is 0.293. The average Bonchev–Trinajstić information content (AvgIpc) is 3.09. The Hall–Kier alpha value is -2.41. The lowest BCUT2D eigenvalue weighted by molar-refractivity contribution is -0.152. The third-order valence-electron chi connectivity index (χ3n) is 5.33. The molecule has 7 nitrogen and oxygen atoms in total. The van der Waals surface area contributed by atoms with Crippen LogP contribution >= 0.6 is 0 Å². The van der Waals surface area contributed by atoms with E-state index < -0.39 is 29.5 Å². The zero-order valence-corrected chi connectivity index (χ0v) is 17.2. The molecule has 1 heterocycles. The molecule has 4 unspecified atom stereocenters. The van der Waals surface area contributed by atoms with E-state index in [2.05, 4.69) is 10.6 Å². The summed E-state index contributed by atoms with van der Waals surface area (Å²) in [5.74, 6) is -1.67. The molecule has 0 bridgehead atoms. The first-order valence-corrected chi connectivity index (χ1v) is 9.65. The second-order valence-electron chi connectivity index (χ2n) is 8.42. The van der Waals surface area contributed by atoms with Crippen molar-refractivity contribution < 1.29 is 19.5 Å². The summed E-state index contributed by atoms with van der Waals surface area (Å²) < 4.78 is 0. The van der Waals surface area contributed by atoms with E-state index in [1.54, 1.807) is 14.0 Å². The van der Waals surface area contributed by atoms with Crippen LogP contribution in [0.3, 0.4) is 0 Å². The van der Waals surface area contributed by atoms with Crippen molar-refractivity contribution >= 4 is 17.8 Å². The fourth-order valence-electron chi connectivity index (χ4n) is 3.56. The first kappa shape index (κ1) is 21.9. The van der Waals surface area contributed by atoms with Gasteiger partial charge in [0.1, 0.15) is 12.1 Å². The molecule has 0 spiro atoms. The molecule has 2 rings (SSSR count). The molecule has 1 aliphatic heterocycles. The fraction of sp³-hybridized carbons (Fsp3) is 0.571. The molecule has 0 radical (unpaired) electrons. The van der Waals surface area contributed by atoms with Crippen LogP contribution in [0.25, 0.3) is 0 Å². The first-order valence-electron chi connectivity index (χ1n) is 9.65. The van der Waals surface area contributed by atoms with Gasteiger partial charge in [-0.15, -0.1) is 0 Å². The third-order valence-corrected chi connectivity index (χ3v) is 5.33. The highest BCUT2D eigenvalue weighted by molar-refractivity contribution is 5.93. The van der Waals surface area contributed by atoms with Crippen LogP contribution < -0.4 is 10.6 Å². The lowest BCUT2D eigenvalue weighted by Gasteiger charge is -2.38. The highest BCUT2D eigenvalue weighted by Gasteiger charge is 2.46. The average molecular weight is 389 g/mol. The molecule has 154 valence electrons. The van der Waals surface area contributed by atoms with Gasteiger partial charge < -0.3 is 20.6 Å². The van der Waals surface area contributed by atoms with Crippen LogP contribution in [0.1, 0.15) is 52.1 Å². The van der Waals surface area contributed by atoms with Gasteiger partial charge in [0.15, 0.2) is 0 Å². The minimum atomic E-state index is -1.02. The van der Waals surface area contributed by atoms with E-state index in [-0.39, 0.29) is 17.9 Å². The Kier molecular flexibility index (Phi) is 6.82. The molecular weight excluding hydrogens is 358 g/mol. The molecule has 1 aliphatic rings. The smallest absolute Gasteiger partial charge is 0.326 e. The summed E-state index contributed by atoms with van der Waals surface area (Å²) >= 11 is 0.